The number of ketones is 1. The summed E-state index contributed by atoms with van der Waals surface area (Å²) in [4.78, 5) is 21.7. The Hall–Kier alpha value is -1.06. The van der Waals surface area contributed by atoms with Crippen LogP contribution in [0.3, 0.4) is 0 Å². The maximum absolute atomic E-state index is 11.0. The molecule has 1 amide bonds. The lowest BCUT2D eigenvalue weighted by Crippen LogP contribution is -2.43. The zero-order valence-corrected chi connectivity index (χ0v) is 9.88. The summed E-state index contributed by atoms with van der Waals surface area (Å²) < 4.78 is 4.38. The molecule has 0 radical (unpaired) electrons. The number of hydrogen-bond donors (Lipinski definition) is 1. The molecule has 0 heterocycles. The van der Waals surface area contributed by atoms with Gasteiger partial charge in [-0.1, -0.05) is 27.7 Å². The van der Waals surface area contributed by atoms with Gasteiger partial charge in [0.2, 0.25) is 0 Å². The van der Waals surface area contributed by atoms with Crippen LogP contribution in [0.2, 0.25) is 0 Å². The van der Waals surface area contributed by atoms with Crippen molar-refractivity contribution in [2.24, 2.45) is 5.92 Å². The van der Waals surface area contributed by atoms with E-state index in [2.05, 4.69) is 10.1 Å². The molecule has 0 rings (SSSR count). The molecule has 0 bridgehead atoms. The molecule has 0 aromatic rings. The van der Waals surface area contributed by atoms with Crippen LogP contribution < -0.4 is 5.32 Å². The quantitative estimate of drug-likeness (QED) is 0.763. The van der Waals surface area contributed by atoms with Gasteiger partial charge in [0.1, 0.15) is 0 Å². The van der Waals surface area contributed by atoms with E-state index in [9.17, 15) is 9.59 Å². The first-order valence-corrected chi connectivity index (χ1v) is 4.84. The summed E-state index contributed by atoms with van der Waals surface area (Å²) in [5.74, 6) is 0.0250. The Balaban J connectivity index is 0. The third kappa shape index (κ3) is 6.46. The van der Waals surface area contributed by atoms with E-state index < -0.39 is 12.1 Å². The van der Waals surface area contributed by atoms with E-state index in [0.29, 0.717) is 0 Å². The second kappa shape index (κ2) is 8.53. The number of rotatable bonds is 3. The van der Waals surface area contributed by atoms with Gasteiger partial charge in [-0.15, -0.1) is 0 Å². The summed E-state index contributed by atoms with van der Waals surface area (Å²) in [5.41, 5.74) is 0. The maximum atomic E-state index is 11.0. The van der Waals surface area contributed by atoms with Crippen LogP contribution in [0.25, 0.3) is 0 Å². The number of ether oxygens (including phenoxy) is 1. The summed E-state index contributed by atoms with van der Waals surface area (Å²) >= 11 is 0. The number of carbonyl (C=O) groups excluding carboxylic acids is 2. The fraction of sp³-hybridized carbons (Fsp3) is 0.800. The van der Waals surface area contributed by atoms with E-state index in [1.807, 2.05) is 27.7 Å². The molecule has 14 heavy (non-hydrogen) atoms. The zero-order chi connectivity index (χ0) is 11.7. The van der Waals surface area contributed by atoms with Gasteiger partial charge in [0.25, 0.3) is 0 Å². The topological polar surface area (TPSA) is 55.4 Å². The highest BCUT2D eigenvalue weighted by Crippen LogP contribution is 2.02. The Morgan fingerprint density at radius 3 is 1.86 bits per heavy atom. The largest absolute Gasteiger partial charge is 0.453 e. The number of methoxy groups -OCH3 is 1. The van der Waals surface area contributed by atoms with Crippen LogP contribution in [0, 0.1) is 5.92 Å². The number of Topliss-reactive ketones (excluding diaryl/α,β-unsaturated/α-hetero) is 1. The SMILES string of the molecule is CC.COC(=O)NC(C(C)=O)C(C)C. The molecule has 0 aliphatic heterocycles. The number of hydrogen-bond acceptors (Lipinski definition) is 3. The van der Waals surface area contributed by atoms with Crippen LogP contribution in [0.4, 0.5) is 4.79 Å². The van der Waals surface area contributed by atoms with Gasteiger partial charge < -0.3 is 10.1 Å². The molecule has 0 saturated carbocycles. The fourth-order valence-electron chi connectivity index (χ4n) is 0.924. The number of amides is 1. The molecule has 0 saturated heterocycles. The van der Waals surface area contributed by atoms with Gasteiger partial charge in [-0.25, -0.2) is 4.79 Å². The molecule has 0 aliphatic rings. The summed E-state index contributed by atoms with van der Waals surface area (Å²) in [6.07, 6.45) is -0.566. The molecule has 84 valence electrons. The molecule has 1 N–H and O–H groups in total. The Bertz CT molecular complexity index is 178. The monoisotopic (exact) mass is 203 g/mol. The van der Waals surface area contributed by atoms with Crippen molar-refractivity contribution in [3.05, 3.63) is 0 Å². The average Bonchev–Trinajstić information content (AvgIpc) is 2.15. The van der Waals surface area contributed by atoms with E-state index in [0.717, 1.165) is 0 Å². The minimum Gasteiger partial charge on any atom is -0.453 e. The summed E-state index contributed by atoms with van der Waals surface area (Å²) in [7, 11) is 1.27. The van der Waals surface area contributed by atoms with Gasteiger partial charge in [-0.05, 0) is 12.8 Å². The normalized spacial score (nSPS) is 11.1. The highest BCUT2D eigenvalue weighted by atomic mass is 16.5. The molecule has 4 nitrogen and oxygen atoms in total. The van der Waals surface area contributed by atoms with Crippen molar-refractivity contribution in [1.29, 1.82) is 0 Å². The van der Waals surface area contributed by atoms with Gasteiger partial charge in [0.15, 0.2) is 5.78 Å². The minimum atomic E-state index is -0.566. The molecule has 0 spiro atoms. The molecule has 4 heteroatoms. The number of nitrogens with one attached hydrogen (secondary N) is 1. The molecule has 1 unspecified atom stereocenters. The Morgan fingerprint density at radius 1 is 1.21 bits per heavy atom. The van der Waals surface area contributed by atoms with E-state index in [1.165, 1.54) is 14.0 Å². The van der Waals surface area contributed by atoms with Crippen molar-refractivity contribution in [2.75, 3.05) is 7.11 Å². The highest BCUT2D eigenvalue weighted by Gasteiger charge is 2.20. The smallest absolute Gasteiger partial charge is 0.407 e. The third-order valence-corrected chi connectivity index (χ3v) is 1.56. The van der Waals surface area contributed by atoms with E-state index >= 15 is 0 Å². The van der Waals surface area contributed by atoms with Gasteiger partial charge in [-0.3, -0.25) is 4.79 Å². The molecule has 0 aliphatic carbocycles. The number of carbonyl (C=O) groups is 2. The summed E-state index contributed by atoms with van der Waals surface area (Å²) in [6, 6.07) is -0.447. The predicted octanol–water partition coefficient (Wildman–Crippen LogP) is 1.98. The lowest BCUT2D eigenvalue weighted by Gasteiger charge is -2.18. The van der Waals surface area contributed by atoms with Crippen molar-refractivity contribution in [2.45, 2.75) is 40.7 Å². The van der Waals surface area contributed by atoms with E-state index in [-0.39, 0.29) is 11.7 Å². The van der Waals surface area contributed by atoms with Crippen molar-refractivity contribution in [3.8, 4) is 0 Å². The molecular weight excluding hydrogens is 182 g/mol. The van der Waals surface area contributed by atoms with Crippen LogP contribution in [-0.2, 0) is 9.53 Å². The Kier molecular flexibility index (Phi) is 9.40. The first-order valence-electron chi connectivity index (χ1n) is 4.84. The first-order chi connectivity index (χ1) is 6.49. The fourth-order valence-corrected chi connectivity index (χ4v) is 0.924. The van der Waals surface area contributed by atoms with Crippen LogP contribution in [-0.4, -0.2) is 25.0 Å². The van der Waals surface area contributed by atoms with Crippen molar-refractivity contribution in [1.82, 2.24) is 5.32 Å². The Labute approximate surface area is 86.0 Å². The van der Waals surface area contributed by atoms with Crippen LogP contribution in [0.1, 0.15) is 34.6 Å². The highest BCUT2D eigenvalue weighted by molar-refractivity contribution is 5.85. The van der Waals surface area contributed by atoms with E-state index in [1.54, 1.807) is 0 Å². The molecule has 0 fully saturated rings. The molecule has 0 aromatic carbocycles. The maximum Gasteiger partial charge on any atom is 0.407 e. The minimum absolute atomic E-state index is 0.0598. The van der Waals surface area contributed by atoms with Gasteiger partial charge in [0, 0.05) is 0 Å². The van der Waals surface area contributed by atoms with Crippen molar-refractivity contribution < 1.29 is 14.3 Å². The summed E-state index contributed by atoms with van der Waals surface area (Å²) in [6.45, 7) is 9.17. The Morgan fingerprint density at radius 2 is 1.64 bits per heavy atom. The third-order valence-electron chi connectivity index (χ3n) is 1.56. The second-order valence-electron chi connectivity index (χ2n) is 2.97. The average molecular weight is 203 g/mol. The zero-order valence-electron chi connectivity index (χ0n) is 9.88. The first kappa shape index (κ1) is 15.4. The number of alkyl carbamates (subject to hydrolysis) is 1. The van der Waals surface area contributed by atoms with Crippen LogP contribution >= 0.6 is 0 Å². The van der Waals surface area contributed by atoms with Gasteiger partial charge in [-0.2, -0.15) is 0 Å². The lowest BCUT2D eigenvalue weighted by atomic mass is 10.0. The van der Waals surface area contributed by atoms with Crippen LogP contribution in [0.15, 0.2) is 0 Å². The second-order valence-corrected chi connectivity index (χ2v) is 2.97. The standard InChI is InChI=1S/C8H15NO3.C2H6/c1-5(2)7(6(3)10)9-8(11)12-4;1-2/h5,7H,1-4H3,(H,9,11);1-2H3. The van der Waals surface area contributed by atoms with Crippen molar-refractivity contribution >= 4 is 11.9 Å². The van der Waals surface area contributed by atoms with Crippen LogP contribution in [0.5, 0.6) is 0 Å². The van der Waals surface area contributed by atoms with E-state index in [4.69, 9.17) is 0 Å². The molecular formula is C10H21NO3. The van der Waals surface area contributed by atoms with Gasteiger partial charge >= 0.3 is 6.09 Å². The molecule has 0 aromatic heterocycles. The van der Waals surface area contributed by atoms with Gasteiger partial charge in [0.05, 0.1) is 13.2 Å². The predicted molar refractivity (Wildman–Crippen MR) is 56.2 cm³/mol. The molecule has 1 atom stereocenters. The van der Waals surface area contributed by atoms with Crippen molar-refractivity contribution in [3.63, 3.8) is 0 Å². The lowest BCUT2D eigenvalue weighted by molar-refractivity contribution is -0.119. The summed E-state index contributed by atoms with van der Waals surface area (Å²) in [5, 5.41) is 2.45.